The first kappa shape index (κ1) is 17.8. The van der Waals surface area contributed by atoms with Gasteiger partial charge in [-0.1, -0.05) is 54.1 Å². The monoisotopic (exact) mass is 399 g/mol. The topological polar surface area (TPSA) is 54.9 Å². The number of hydrogen-bond acceptors (Lipinski definition) is 3. The molecule has 5 rings (SSSR count). The molecule has 1 N–H and O–H groups in total. The highest BCUT2D eigenvalue weighted by Gasteiger charge is 2.24. The summed E-state index contributed by atoms with van der Waals surface area (Å²) < 4.78 is 0. The van der Waals surface area contributed by atoms with Gasteiger partial charge in [-0.25, -0.2) is 4.98 Å². The first-order valence-corrected chi connectivity index (χ1v) is 9.97. The molecule has 0 aliphatic heterocycles. The molecule has 1 aliphatic rings. The average Bonchev–Trinajstić information content (AvgIpc) is 3.16. The molecule has 1 aliphatic carbocycles. The van der Waals surface area contributed by atoms with Crippen LogP contribution in [0.25, 0.3) is 22.3 Å². The van der Waals surface area contributed by atoms with Crippen LogP contribution in [-0.2, 0) is 6.42 Å². The van der Waals surface area contributed by atoms with Crippen molar-refractivity contribution in [3.63, 3.8) is 0 Å². The van der Waals surface area contributed by atoms with Crippen LogP contribution < -0.4 is 5.32 Å². The third-order valence-electron chi connectivity index (χ3n) is 5.39. The van der Waals surface area contributed by atoms with E-state index in [0.717, 1.165) is 23.9 Å². The molecule has 29 heavy (non-hydrogen) atoms. The van der Waals surface area contributed by atoms with Gasteiger partial charge in [0, 0.05) is 11.1 Å². The number of nitrogens with one attached hydrogen (secondary N) is 1. The summed E-state index contributed by atoms with van der Waals surface area (Å²) in [6, 6.07) is 21.3. The number of carbonyl (C=O) groups excluding carboxylic acids is 1. The van der Waals surface area contributed by atoms with Gasteiger partial charge in [-0.05, 0) is 48.2 Å². The number of carbonyl (C=O) groups is 1. The molecule has 3 aromatic carbocycles. The summed E-state index contributed by atoms with van der Waals surface area (Å²) in [4.78, 5) is 22.0. The second-order valence-electron chi connectivity index (χ2n) is 7.20. The maximum atomic E-state index is 12.8. The van der Waals surface area contributed by atoms with Gasteiger partial charge in [0.15, 0.2) is 0 Å². The highest BCUT2D eigenvalue weighted by Crippen LogP contribution is 2.31. The molecule has 0 bridgehead atoms. The number of rotatable bonds is 3. The minimum Gasteiger partial charge on any atom is -0.345 e. The Balaban J connectivity index is 1.41. The molecule has 1 amide bonds. The van der Waals surface area contributed by atoms with Crippen molar-refractivity contribution in [3.8, 4) is 11.3 Å². The summed E-state index contributed by atoms with van der Waals surface area (Å²) >= 11 is 6.27. The number of aromatic nitrogens is 2. The van der Waals surface area contributed by atoms with Crippen LogP contribution in [0.1, 0.15) is 33.9 Å². The molecular formula is C24H18ClN3O. The third-order valence-corrected chi connectivity index (χ3v) is 5.72. The maximum absolute atomic E-state index is 12.8. The van der Waals surface area contributed by atoms with Crippen LogP contribution in [-0.4, -0.2) is 15.9 Å². The van der Waals surface area contributed by atoms with Gasteiger partial charge in [0.25, 0.3) is 5.91 Å². The molecule has 0 unspecified atom stereocenters. The molecule has 4 nitrogen and oxygen atoms in total. The van der Waals surface area contributed by atoms with Crippen LogP contribution in [0.2, 0.25) is 5.02 Å². The fourth-order valence-corrected chi connectivity index (χ4v) is 4.13. The fraction of sp³-hybridized carbons (Fsp3) is 0.125. The van der Waals surface area contributed by atoms with Crippen molar-refractivity contribution in [1.29, 1.82) is 0 Å². The lowest BCUT2D eigenvalue weighted by molar-refractivity contribution is 0.0937. The van der Waals surface area contributed by atoms with Gasteiger partial charge in [0.05, 0.1) is 34.0 Å². The Kier molecular flexibility index (Phi) is 4.49. The van der Waals surface area contributed by atoms with Crippen LogP contribution in [0, 0.1) is 0 Å². The molecular weight excluding hydrogens is 382 g/mol. The molecule has 0 spiro atoms. The molecule has 0 saturated heterocycles. The van der Waals surface area contributed by atoms with Gasteiger partial charge in [-0.15, -0.1) is 0 Å². The second kappa shape index (κ2) is 7.30. The first-order chi connectivity index (χ1) is 14.2. The summed E-state index contributed by atoms with van der Waals surface area (Å²) in [7, 11) is 0. The van der Waals surface area contributed by atoms with E-state index in [1.165, 1.54) is 11.1 Å². The van der Waals surface area contributed by atoms with Crippen molar-refractivity contribution in [2.45, 2.75) is 18.9 Å². The first-order valence-electron chi connectivity index (χ1n) is 9.59. The lowest BCUT2D eigenvalue weighted by Gasteiger charge is -2.14. The summed E-state index contributed by atoms with van der Waals surface area (Å²) in [5, 5.41) is 3.79. The normalized spacial score (nSPS) is 15.3. The zero-order valence-corrected chi connectivity index (χ0v) is 16.4. The molecule has 1 atom stereocenters. The van der Waals surface area contributed by atoms with Crippen molar-refractivity contribution < 1.29 is 4.79 Å². The molecule has 0 fully saturated rings. The Bertz CT molecular complexity index is 1240. The van der Waals surface area contributed by atoms with Crippen LogP contribution >= 0.6 is 11.6 Å². The Morgan fingerprint density at radius 1 is 1.00 bits per heavy atom. The zero-order chi connectivity index (χ0) is 19.8. The van der Waals surface area contributed by atoms with E-state index in [-0.39, 0.29) is 11.9 Å². The van der Waals surface area contributed by atoms with Crippen LogP contribution in [0.5, 0.6) is 0 Å². The fourth-order valence-electron chi connectivity index (χ4n) is 3.90. The predicted molar refractivity (Wildman–Crippen MR) is 115 cm³/mol. The highest BCUT2D eigenvalue weighted by atomic mass is 35.5. The molecule has 1 heterocycles. The molecule has 5 heteroatoms. The van der Waals surface area contributed by atoms with Gasteiger partial charge in [-0.2, -0.15) is 0 Å². The van der Waals surface area contributed by atoms with Crippen molar-refractivity contribution in [3.05, 3.63) is 94.6 Å². The van der Waals surface area contributed by atoms with E-state index in [1.54, 1.807) is 18.3 Å². The SMILES string of the molecule is O=C(N[C@H]1CCc2ccccc21)c1ccc2nc(-c3ccccc3Cl)cnc2c1. The quantitative estimate of drug-likeness (QED) is 0.504. The number of hydrogen-bond donors (Lipinski definition) is 1. The van der Waals surface area contributed by atoms with E-state index in [1.807, 2.05) is 42.5 Å². The van der Waals surface area contributed by atoms with Gasteiger partial charge in [0.1, 0.15) is 0 Å². The number of nitrogens with zero attached hydrogens (tertiary/aromatic N) is 2. The van der Waals surface area contributed by atoms with Crippen LogP contribution in [0.15, 0.2) is 72.9 Å². The highest BCUT2D eigenvalue weighted by molar-refractivity contribution is 6.33. The Morgan fingerprint density at radius 3 is 2.72 bits per heavy atom. The Hall–Kier alpha value is -3.24. The van der Waals surface area contributed by atoms with E-state index >= 15 is 0 Å². The smallest absolute Gasteiger partial charge is 0.251 e. The lowest BCUT2D eigenvalue weighted by atomic mass is 10.1. The minimum absolute atomic E-state index is 0.0584. The standard InChI is InChI=1S/C24H18ClN3O/c25-19-8-4-3-7-18(19)23-14-26-22-13-16(10-12-21(22)27-23)24(29)28-20-11-9-15-5-1-2-6-17(15)20/h1-8,10,12-14,20H,9,11H2,(H,28,29)/t20-/m0/s1. The summed E-state index contributed by atoms with van der Waals surface area (Å²) in [5.74, 6) is -0.0921. The lowest BCUT2D eigenvalue weighted by Crippen LogP contribution is -2.27. The van der Waals surface area contributed by atoms with Gasteiger partial charge < -0.3 is 5.32 Å². The molecule has 142 valence electrons. The summed E-state index contributed by atoms with van der Waals surface area (Å²) in [6.45, 7) is 0. The number of amides is 1. The Labute approximate surface area is 173 Å². The largest absolute Gasteiger partial charge is 0.345 e. The number of halogens is 1. The minimum atomic E-state index is -0.0921. The predicted octanol–water partition coefficient (Wildman–Crippen LogP) is 5.37. The van der Waals surface area contributed by atoms with E-state index in [0.29, 0.717) is 21.8 Å². The summed E-state index contributed by atoms with van der Waals surface area (Å²) in [5.41, 5.74) is 6.07. The zero-order valence-electron chi connectivity index (χ0n) is 15.6. The van der Waals surface area contributed by atoms with Crippen molar-refractivity contribution in [2.24, 2.45) is 0 Å². The second-order valence-corrected chi connectivity index (χ2v) is 7.61. The van der Waals surface area contributed by atoms with Crippen LogP contribution in [0.3, 0.4) is 0 Å². The van der Waals surface area contributed by atoms with Crippen molar-refractivity contribution in [2.75, 3.05) is 0 Å². The maximum Gasteiger partial charge on any atom is 0.251 e. The molecule has 4 aromatic rings. The number of aryl methyl sites for hydroxylation is 1. The molecule has 0 saturated carbocycles. The average molecular weight is 400 g/mol. The Morgan fingerprint density at radius 2 is 1.83 bits per heavy atom. The molecule has 0 radical (unpaired) electrons. The number of fused-ring (bicyclic) bond motifs is 2. The third kappa shape index (κ3) is 3.36. The molecule has 1 aromatic heterocycles. The number of benzene rings is 3. The van der Waals surface area contributed by atoms with Gasteiger partial charge in [-0.3, -0.25) is 9.78 Å². The van der Waals surface area contributed by atoms with E-state index in [2.05, 4.69) is 27.4 Å². The van der Waals surface area contributed by atoms with E-state index in [4.69, 9.17) is 11.6 Å². The van der Waals surface area contributed by atoms with E-state index < -0.39 is 0 Å². The summed E-state index contributed by atoms with van der Waals surface area (Å²) in [6.07, 6.45) is 3.62. The van der Waals surface area contributed by atoms with E-state index in [9.17, 15) is 4.79 Å². The van der Waals surface area contributed by atoms with Gasteiger partial charge in [0.2, 0.25) is 0 Å². The van der Waals surface area contributed by atoms with Crippen molar-refractivity contribution in [1.82, 2.24) is 15.3 Å². The van der Waals surface area contributed by atoms with Crippen molar-refractivity contribution >= 4 is 28.5 Å². The van der Waals surface area contributed by atoms with Crippen LogP contribution in [0.4, 0.5) is 0 Å². The van der Waals surface area contributed by atoms with Gasteiger partial charge >= 0.3 is 0 Å².